The maximum Gasteiger partial charge on any atom is 0.251 e. The zero-order valence-corrected chi connectivity index (χ0v) is 16.1. The number of halogens is 2. The Balaban J connectivity index is 1.87. The first-order valence-corrected chi connectivity index (χ1v) is 8.84. The van der Waals surface area contributed by atoms with Gasteiger partial charge in [-0.15, -0.1) is 0 Å². The molecule has 0 radical (unpaired) electrons. The number of carbonyl (C=O) groups is 1. The Morgan fingerprint density at radius 1 is 1.12 bits per heavy atom. The van der Waals surface area contributed by atoms with E-state index >= 15 is 0 Å². The fourth-order valence-electron chi connectivity index (χ4n) is 2.32. The normalized spacial score (nSPS) is 11.8. The first-order chi connectivity index (χ1) is 12.0. The summed E-state index contributed by atoms with van der Waals surface area (Å²) in [5.41, 5.74) is 2.30. The van der Waals surface area contributed by atoms with E-state index in [2.05, 4.69) is 47.8 Å². The second kappa shape index (κ2) is 7.83. The molecule has 0 saturated carbocycles. The molecule has 1 amide bonds. The van der Waals surface area contributed by atoms with Crippen LogP contribution in [0.25, 0.3) is 11.4 Å². The van der Waals surface area contributed by atoms with Crippen molar-refractivity contribution in [3.8, 4) is 11.4 Å². The van der Waals surface area contributed by atoms with Crippen LogP contribution >= 0.6 is 34.2 Å². The second-order valence-corrected chi connectivity index (χ2v) is 6.92. The number of rotatable bonds is 4. The van der Waals surface area contributed by atoms with Gasteiger partial charge in [0.25, 0.3) is 5.91 Å². The third-order valence-corrected chi connectivity index (χ3v) is 4.26. The van der Waals surface area contributed by atoms with Crippen molar-refractivity contribution in [2.45, 2.75) is 13.0 Å². The maximum absolute atomic E-state index is 12.5. The van der Waals surface area contributed by atoms with Crippen LogP contribution in [0, 0.1) is 3.57 Å². The van der Waals surface area contributed by atoms with Crippen molar-refractivity contribution in [2.75, 3.05) is 0 Å². The lowest BCUT2D eigenvalue weighted by Crippen LogP contribution is -2.28. The van der Waals surface area contributed by atoms with Crippen LogP contribution in [0.3, 0.4) is 0 Å². The Morgan fingerprint density at radius 3 is 2.60 bits per heavy atom. The standard InChI is InChI=1S/C17H13ClIN5O/c1-10(24-17(25)11-6-12(18)8-13(19)7-11)15-16(23-5-4-22-15)14-9-20-2-3-21-14/h2-10H,1H3,(H,24,25). The first-order valence-electron chi connectivity index (χ1n) is 7.39. The van der Waals surface area contributed by atoms with E-state index in [0.29, 0.717) is 27.7 Å². The molecule has 1 aromatic carbocycles. The molecule has 25 heavy (non-hydrogen) atoms. The van der Waals surface area contributed by atoms with Crippen molar-refractivity contribution < 1.29 is 4.79 Å². The smallest absolute Gasteiger partial charge is 0.251 e. The van der Waals surface area contributed by atoms with Crippen molar-refractivity contribution in [2.24, 2.45) is 0 Å². The van der Waals surface area contributed by atoms with E-state index in [1.54, 1.807) is 49.2 Å². The molecule has 0 aliphatic carbocycles. The summed E-state index contributed by atoms with van der Waals surface area (Å²) in [5, 5.41) is 3.44. The maximum atomic E-state index is 12.5. The van der Waals surface area contributed by atoms with Crippen LogP contribution in [0.15, 0.2) is 49.2 Å². The van der Waals surface area contributed by atoms with Gasteiger partial charge in [-0.25, -0.2) is 0 Å². The minimum atomic E-state index is -0.366. The van der Waals surface area contributed by atoms with Crippen molar-refractivity contribution in [1.82, 2.24) is 25.3 Å². The lowest BCUT2D eigenvalue weighted by atomic mass is 10.1. The van der Waals surface area contributed by atoms with Crippen LogP contribution in [0.1, 0.15) is 29.0 Å². The van der Waals surface area contributed by atoms with Gasteiger partial charge in [0.05, 0.1) is 17.9 Å². The van der Waals surface area contributed by atoms with Gasteiger partial charge in [0, 0.05) is 38.9 Å². The zero-order chi connectivity index (χ0) is 17.8. The van der Waals surface area contributed by atoms with Gasteiger partial charge in [-0.05, 0) is 47.7 Å². The minimum Gasteiger partial charge on any atom is -0.344 e. The average molecular weight is 466 g/mol. The summed E-state index contributed by atoms with van der Waals surface area (Å²) < 4.78 is 0.891. The third-order valence-electron chi connectivity index (χ3n) is 3.41. The van der Waals surface area contributed by atoms with Crippen LogP contribution in [-0.4, -0.2) is 25.8 Å². The largest absolute Gasteiger partial charge is 0.344 e. The number of aromatic nitrogens is 4. The fraction of sp³-hybridized carbons (Fsp3) is 0.118. The highest BCUT2D eigenvalue weighted by Gasteiger charge is 2.18. The van der Waals surface area contributed by atoms with Crippen molar-refractivity contribution in [1.29, 1.82) is 0 Å². The van der Waals surface area contributed by atoms with Gasteiger partial charge in [0.2, 0.25) is 0 Å². The lowest BCUT2D eigenvalue weighted by molar-refractivity contribution is 0.0939. The highest BCUT2D eigenvalue weighted by atomic mass is 127. The summed E-state index contributed by atoms with van der Waals surface area (Å²) in [6.45, 7) is 1.84. The average Bonchev–Trinajstić information content (AvgIpc) is 2.61. The van der Waals surface area contributed by atoms with Crippen molar-refractivity contribution >= 4 is 40.1 Å². The van der Waals surface area contributed by atoms with Gasteiger partial charge in [-0.3, -0.25) is 24.7 Å². The summed E-state index contributed by atoms with van der Waals surface area (Å²) >= 11 is 8.15. The molecular weight excluding hydrogens is 453 g/mol. The van der Waals surface area contributed by atoms with Gasteiger partial charge in [-0.1, -0.05) is 11.6 Å². The van der Waals surface area contributed by atoms with Crippen LogP contribution in [0.5, 0.6) is 0 Å². The Hall–Kier alpha value is -2.13. The van der Waals surface area contributed by atoms with Crippen molar-refractivity contribution in [3.63, 3.8) is 0 Å². The van der Waals surface area contributed by atoms with Gasteiger partial charge >= 0.3 is 0 Å². The molecule has 3 rings (SSSR count). The number of nitrogens with one attached hydrogen (secondary N) is 1. The van der Waals surface area contributed by atoms with E-state index in [4.69, 9.17) is 11.6 Å². The summed E-state index contributed by atoms with van der Waals surface area (Å²) in [6.07, 6.45) is 7.96. The summed E-state index contributed by atoms with van der Waals surface area (Å²) in [6, 6.07) is 4.83. The number of benzene rings is 1. The Morgan fingerprint density at radius 2 is 1.88 bits per heavy atom. The van der Waals surface area contributed by atoms with Crippen LogP contribution in [0.2, 0.25) is 5.02 Å². The predicted molar refractivity (Wildman–Crippen MR) is 103 cm³/mol. The van der Waals surface area contributed by atoms with Gasteiger partial charge < -0.3 is 5.32 Å². The number of hydrogen-bond acceptors (Lipinski definition) is 5. The van der Waals surface area contributed by atoms with Crippen molar-refractivity contribution in [3.05, 3.63) is 69.0 Å². The molecule has 0 fully saturated rings. The fourth-order valence-corrected chi connectivity index (χ4v) is 3.41. The molecule has 1 unspecified atom stereocenters. The monoisotopic (exact) mass is 465 g/mol. The summed E-state index contributed by atoms with van der Waals surface area (Å²) in [7, 11) is 0. The molecule has 3 aromatic rings. The third kappa shape index (κ3) is 4.29. The van der Waals surface area contributed by atoms with Gasteiger partial charge in [-0.2, -0.15) is 0 Å². The molecule has 8 heteroatoms. The minimum absolute atomic E-state index is 0.233. The van der Waals surface area contributed by atoms with Crippen LogP contribution in [-0.2, 0) is 0 Å². The zero-order valence-electron chi connectivity index (χ0n) is 13.1. The highest BCUT2D eigenvalue weighted by Crippen LogP contribution is 2.23. The molecule has 1 atom stereocenters. The lowest BCUT2D eigenvalue weighted by Gasteiger charge is -2.16. The Bertz CT molecular complexity index is 886. The van der Waals surface area contributed by atoms with E-state index < -0.39 is 0 Å². The van der Waals surface area contributed by atoms with Gasteiger partial charge in [0.1, 0.15) is 11.4 Å². The van der Waals surface area contributed by atoms with E-state index in [1.807, 2.05) is 6.92 Å². The topological polar surface area (TPSA) is 80.7 Å². The van der Waals surface area contributed by atoms with E-state index in [-0.39, 0.29) is 11.9 Å². The predicted octanol–water partition coefficient (Wildman–Crippen LogP) is 3.68. The van der Waals surface area contributed by atoms with Gasteiger partial charge in [0.15, 0.2) is 0 Å². The summed E-state index contributed by atoms with van der Waals surface area (Å²) in [5.74, 6) is -0.233. The molecule has 0 aliphatic heterocycles. The summed E-state index contributed by atoms with van der Waals surface area (Å²) in [4.78, 5) is 29.5. The molecule has 0 bridgehead atoms. The molecule has 2 aromatic heterocycles. The molecule has 6 nitrogen and oxygen atoms in total. The molecule has 0 aliphatic rings. The number of amides is 1. The molecule has 0 saturated heterocycles. The SMILES string of the molecule is CC(NC(=O)c1cc(Cl)cc(I)c1)c1nccnc1-c1cnccn1. The molecule has 0 spiro atoms. The van der Waals surface area contributed by atoms with E-state index in [9.17, 15) is 4.79 Å². The quantitative estimate of drug-likeness (QED) is 0.595. The highest BCUT2D eigenvalue weighted by molar-refractivity contribution is 14.1. The second-order valence-electron chi connectivity index (χ2n) is 5.23. The van der Waals surface area contributed by atoms with E-state index in [0.717, 1.165) is 3.57 Å². The molecule has 2 heterocycles. The molecular formula is C17H13ClIN5O. The number of carbonyl (C=O) groups excluding carboxylic acids is 1. The Kier molecular flexibility index (Phi) is 5.54. The molecule has 126 valence electrons. The number of nitrogens with zero attached hydrogens (tertiary/aromatic N) is 4. The number of hydrogen-bond donors (Lipinski definition) is 1. The van der Waals surface area contributed by atoms with E-state index in [1.165, 1.54) is 0 Å². The van der Waals surface area contributed by atoms with Crippen LogP contribution < -0.4 is 5.32 Å². The Labute approximate surface area is 163 Å². The van der Waals surface area contributed by atoms with Crippen LogP contribution in [0.4, 0.5) is 0 Å². The first kappa shape index (κ1) is 17.7. The molecule has 1 N–H and O–H groups in total.